The van der Waals surface area contributed by atoms with Gasteiger partial charge in [-0.1, -0.05) is 25.5 Å². The summed E-state index contributed by atoms with van der Waals surface area (Å²) >= 11 is 0. The van der Waals surface area contributed by atoms with Crippen molar-refractivity contribution in [2.24, 2.45) is 0 Å². The van der Waals surface area contributed by atoms with Gasteiger partial charge in [-0.05, 0) is 37.5 Å². The Morgan fingerprint density at radius 2 is 2.14 bits per heavy atom. The molecule has 0 aliphatic carbocycles. The molecule has 1 aliphatic rings. The van der Waals surface area contributed by atoms with E-state index in [2.05, 4.69) is 39.0 Å². The van der Waals surface area contributed by atoms with Crippen molar-refractivity contribution in [2.45, 2.75) is 45.6 Å². The van der Waals surface area contributed by atoms with E-state index in [4.69, 9.17) is 4.74 Å². The molecular formula is C13H18O. The molecule has 0 aromatic heterocycles. The third-order valence-corrected chi connectivity index (χ3v) is 2.67. The smallest absolute Gasteiger partial charge is 0.123 e. The van der Waals surface area contributed by atoms with Crippen LogP contribution in [0.5, 0.6) is 5.75 Å². The zero-order chi connectivity index (χ0) is 10.2. The first-order chi connectivity index (χ1) is 6.61. The number of benzene rings is 1. The van der Waals surface area contributed by atoms with Gasteiger partial charge in [0.25, 0.3) is 0 Å². The number of ether oxygens (including phenoxy) is 1. The molecule has 2 rings (SSSR count). The molecule has 0 amide bonds. The average Bonchev–Trinajstić information content (AvgIpc) is 2.38. The molecule has 1 heterocycles. The highest BCUT2D eigenvalue weighted by atomic mass is 16.5. The Bertz CT molecular complexity index is 339. The van der Waals surface area contributed by atoms with Crippen molar-refractivity contribution in [3.63, 3.8) is 0 Å². The molecule has 0 fully saturated rings. The van der Waals surface area contributed by atoms with Gasteiger partial charge in [0, 0.05) is 6.42 Å². The van der Waals surface area contributed by atoms with E-state index in [1.54, 1.807) is 0 Å². The van der Waals surface area contributed by atoms with Gasteiger partial charge in [0.1, 0.15) is 11.4 Å². The van der Waals surface area contributed by atoms with Gasteiger partial charge in [0.2, 0.25) is 0 Å². The van der Waals surface area contributed by atoms with Crippen molar-refractivity contribution in [3.8, 4) is 5.75 Å². The number of hydrogen-bond acceptors (Lipinski definition) is 1. The first-order valence-corrected chi connectivity index (χ1v) is 5.41. The van der Waals surface area contributed by atoms with Gasteiger partial charge in [-0.15, -0.1) is 0 Å². The summed E-state index contributed by atoms with van der Waals surface area (Å²) in [5, 5.41) is 0. The molecular weight excluding hydrogens is 172 g/mol. The Balaban J connectivity index is 2.26. The third kappa shape index (κ3) is 1.77. The highest BCUT2D eigenvalue weighted by molar-refractivity contribution is 5.41. The third-order valence-electron chi connectivity index (χ3n) is 2.67. The monoisotopic (exact) mass is 190 g/mol. The van der Waals surface area contributed by atoms with E-state index in [1.807, 2.05) is 0 Å². The minimum absolute atomic E-state index is 0.00677. The van der Waals surface area contributed by atoms with Gasteiger partial charge in [-0.2, -0.15) is 0 Å². The second-order valence-electron chi connectivity index (χ2n) is 4.73. The van der Waals surface area contributed by atoms with Crippen LogP contribution < -0.4 is 4.74 Å². The lowest BCUT2D eigenvalue weighted by atomic mass is 9.99. The molecule has 1 aliphatic heterocycles. The van der Waals surface area contributed by atoms with E-state index in [0.717, 1.165) is 12.2 Å². The first-order valence-electron chi connectivity index (χ1n) is 5.41. The molecule has 0 atom stereocenters. The minimum Gasteiger partial charge on any atom is -0.487 e. The first kappa shape index (κ1) is 9.57. The van der Waals surface area contributed by atoms with E-state index < -0.39 is 0 Å². The Morgan fingerprint density at radius 3 is 2.86 bits per heavy atom. The number of rotatable bonds is 2. The maximum atomic E-state index is 5.83. The Morgan fingerprint density at radius 1 is 1.36 bits per heavy atom. The van der Waals surface area contributed by atoms with Crippen molar-refractivity contribution in [2.75, 3.05) is 0 Å². The summed E-state index contributed by atoms with van der Waals surface area (Å²) < 4.78 is 5.83. The van der Waals surface area contributed by atoms with Crippen LogP contribution in [-0.2, 0) is 12.8 Å². The summed E-state index contributed by atoms with van der Waals surface area (Å²) in [4.78, 5) is 0. The molecule has 1 aromatic rings. The second-order valence-corrected chi connectivity index (χ2v) is 4.73. The van der Waals surface area contributed by atoms with Crippen molar-refractivity contribution in [1.29, 1.82) is 0 Å². The fourth-order valence-corrected chi connectivity index (χ4v) is 2.11. The lowest BCUT2D eigenvalue weighted by Gasteiger charge is -2.16. The summed E-state index contributed by atoms with van der Waals surface area (Å²) in [6.07, 6.45) is 3.43. The van der Waals surface area contributed by atoms with E-state index in [1.165, 1.54) is 24.0 Å². The maximum absolute atomic E-state index is 5.83. The molecule has 0 N–H and O–H groups in total. The van der Waals surface area contributed by atoms with Crippen LogP contribution >= 0.6 is 0 Å². The normalized spacial score (nSPS) is 17.6. The van der Waals surface area contributed by atoms with Crippen molar-refractivity contribution in [3.05, 3.63) is 29.3 Å². The minimum atomic E-state index is -0.00677. The van der Waals surface area contributed by atoms with Gasteiger partial charge in [0.15, 0.2) is 0 Å². The van der Waals surface area contributed by atoms with Crippen LogP contribution in [0.1, 0.15) is 38.3 Å². The lowest BCUT2D eigenvalue weighted by molar-refractivity contribution is 0.138. The van der Waals surface area contributed by atoms with Gasteiger partial charge in [-0.25, -0.2) is 0 Å². The molecule has 1 heteroatoms. The average molecular weight is 190 g/mol. The molecule has 0 saturated carbocycles. The van der Waals surface area contributed by atoms with Crippen LogP contribution in [0.25, 0.3) is 0 Å². The number of hydrogen-bond donors (Lipinski definition) is 0. The molecule has 76 valence electrons. The highest BCUT2D eigenvalue weighted by Crippen LogP contribution is 2.35. The molecule has 0 radical (unpaired) electrons. The van der Waals surface area contributed by atoms with Crippen LogP contribution in [0.2, 0.25) is 0 Å². The predicted molar refractivity (Wildman–Crippen MR) is 58.8 cm³/mol. The summed E-state index contributed by atoms with van der Waals surface area (Å²) in [5.41, 5.74) is 2.81. The van der Waals surface area contributed by atoms with Crippen molar-refractivity contribution in [1.82, 2.24) is 0 Å². The van der Waals surface area contributed by atoms with E-state index >= 15 is 0 Å². The zero-order valence-corrected chi connectivity index (χ0v) is 9.26. The van der Waals surface area contributed by atoms with Crippen LogP contribution in [0.15, 0.2) is 18.2 Å². The summed E-state index contributed by atoms with van der Waals surface area (Å²) in [6.45, 7) is 6.51. The van der Waals surface area contributed by atoms with Crippen molar-refractivity contribution >= 4 is 0 Å². The molecule has 0 bridgehead atoms. The quantitative estimate of drug-likeness (QED) is 0.695. The van der Waals surface area contributed by atoms with Crippen LogP contribution in [0.4, 0.5) is 0 Å². The summed E-state index contributed by atoms with van der Waals surface area (Å²) in [5.74, 6) is 1.08. The summed E-state index contributed by atoms with van der Waals surface area (Å²) in [6, 6.07) is 6.60. The van der Waals surface area contributed by atoms with E-state index in [0.29, 0.717) is 0 Å². The standard InChI is InChI=1S/C13H18O/c1-4-5-10-6-7-12-11(8-10)9-13(2,3)14-12/h6-8H,4-5,9H2,1-3H3. The topological polar surface area (TPSA) is 9.23 Å². The highest BCUT2D eigenvalue weighted by Gasteiger charge is 2.29. The van der Waals surface area contributed by atoms with Gasteiger partial charge in [0.05, 0.1) is 0 Å². The van der Waals surface area contributed by atoms with E-state index in [-0.39, 0.29) is 5.60 Å². The van der Waals surface area contributed by atoms with Gasteiger partial charge >= 0.3 is 0 Å². The Kier molecular flexibility index (Phi) is 2.26. The SMILES string of the molecule is CCCc1ccc2c(c1)CC(C)(C)O2. The molecule has 0 unspecified atom stereocenters. The van der Waals surface area contributed by atoms with Crippen LogP contribution in [-0.4, -0.2) is 5.60 Å². The van der Waals surface area contributed by atoms with Crippen molar-refractivity contribution < 1.29 is 4.74 Å². The molecule has 14 heavy (non-hydrogen) atoms. The fourth-order valence-electron chi connectivity index (χ4n) is 2.11. The van der Waals surface area contributed by atoms with Crippen LogP contribution in [0, 0.1) is 0 Å². The molecule has 0 saturated heterocycles. The molecule has 0 spiro atoms. The predicted octanol–water partition coefficient (Wildman–Crippen LogP) is 3.35. The van der Waals surface area contributed by atoms with Gasteiger partial charge in [-0.3, -0.25) is 0 Å². The van der Waals surface area contributed by atoms with Gasteiger partial charge < -0.3 is 4.74 Å². The lowest BCUT2D eigenvalue weighted by Crippen LogP contribution is -2.24. The Labute approximate surface area is 86.1 Å². The molecule has 1 nitrogen and oxygen atoms in total. The Hall–Kier alpha value is -0.980. The number of fused-ring (bicyclic) bond motifs is 1. The largest absolute Gasteiger partial charge is 0.487 e. The summed E-state index contributed by atoms with van der Waals surface area (Å²) in [7, 11) is 0. The fraction of sp³-hybridized carbons (Fsp3) is 0.538. The number of aryl methyl sites for hydroxylation is 1. The van der Waals surface area contributed by atoms with Crippen LogP contribution in [0.3, 0.4) is 0 Å². The molecule has 1 aromatic carbocycles. The van der Waals surface area contributed by atoms with E-state index in [9.17, 15) is 0 Å². The zero-order valence-electron chi connectivity index (χ0n) is 9.26. The maximum Gasteiger partial charge on any atom is 0.123 e. The second kappa shape index (κ2) is 3.30.